The van der Waals surface area contributed by atoms with Crippen LogP contribution in [-0.2, 0) is 12.8 Å². The molecular weight excluding hydrogens is 330 g/mol. The average Bonchev–Trinajstić information content (AvgIpc) is 2.90. The van der Waals surface area contributed by atoms with Gasteiger partial charge in [0.2, 0.25) is 5.95 Å². The molecule has 0 bridgehead atoms. The smallest absolute Gasteiger partial charge is 0.222 e. The Labute approximate surface area is 154 Å². The summed E-state index contributed by atoms with van der Waals surface area (Å²) in [5, 5.41) is 6.98. The van der Waals surface area contributed by atoms with Crippen molar-refractivity contribution >= 4 is 11.8 Å². The van der Waals surface area contributed by atoms with Crippen molar-refractivity contribution in [3.8, 4) is 11.5 Å². The minimum absolute atomic E-state index is 0.0874. The number of methoxy groups -OCH3 is 2. The van der Waals surface area contributed by atoms with E-state index in [0.717, 1.165) is 66.5 Å². The number of nitrogens with zero attached hydrogens (tertiary/aromatic N) is 2. The molecule has 1 atom stereocenters. The predicted octanol–water partition coefficient (Wildman–Crippen LogP) is 2.33. The van der Waals surface area contributed by atoms with E-state index in [2.05, 4.69) is 27.5 Å². The van der Waals surface area contributed by atoms with Gasteiger partial charge >= 0.3 is 0 Å². The number of nitrogen functional groups attached to an aromatic ring is 1. The summed E-state index contributed by atoms with van der Waals surface area (Å²) >= 11 is 0. The zero-order valence-corrected chi connectivity index (χ0v) is 15.6. The van der Waals surface area contributed by atoms with Gasteiger partial charge in [-0.15, -0.1) is 0 Å². The van der Waals surface area contributed by atoms with Crippen LogP contribution >= 0.6 is 0 Å². The van der Waals surface area contributed by atoms with Gasteiger partial charge in [0.1, 0.15) is 5.82 Å². The van der Waals surface area contributed by atoms with Gasteiger partial charge in [-0.05, 0) is 37.1 Å². The van der Waals surface area contributed by atoms with Gasteiger partial charge < -0.3 is 25.8 Å². The first-order valence-electron chi connectivity index (χ1n) is 9.00. The Morgan fingerprint density at radius 2 is 1.92 bits per heavy atom. The minimum atomic E-state index is 0.0874. The molecule has 1 aliphatic rings. The molecule has 1 aliphatic heterocycles. The predicted molar refractivity (Wildman–Crippen MR) is 103 cm³/mol. The molecule has 0 saturated heterocycles. The van der Waals surface area contributed by atoms with Crippen LogP contribution in [-0.4, -0.2) is 37.3 Å². The number of rotatable bonds is 6. The van der Waals surface area contributed by atoms with Crippen LogP contribution in [0, 0.1) is 0 Å². The Kier molecular flexibility index (Phi) is 5.78. The van der Waals surface area contributed by atoms with E-state index in [0.29, 0.717) is 5.95 Å². The Morgan fingerprint density at radius 1 is 1.15 bits per heavy atom. The third-order valence-electron chi connectivity index (χ3n) is 4.73. The van der Waals surface area contributed by atoms with E-state index >= 15 is 0 Å². The molecule has 0 radical (unpaired) electrons. The number of fused-ring (bicyclic) bond motifs is 1. The summed E-state index contributed by atoms with van der Waals surface area (Å²) in [4.78, 5) is 8.93. The van der Waals surface area contributed by atoms with Crippen molar-refractivity contribution in [3.63, 3.8) is 0 Å². The van der Waals surface area contributed by atoms with Gasteiger partial charge in [0.25, 0.3) is 0 Å². The number of ether oxygens (including phenoxy) is 2. The molecule has 3 rings (SSSR count). The highest BCUT2D eigenvalue weighted by Gasteiger charge is 2.19. The van der Waals surface area contributed by atoms with Crippen molar-refractivity contribution < 1.29 is 9.47 Å². The summed E-state index contributed by atoms with van der Waals surface area (Å²) in [6.45, 7) is 3.97. The molecule has 0 spiro atoms. The van der Waals surface area contributed by atoms with E-state index < -0.39 is 0 Å². The molecule has 1 aromatic carbocycles. The van der Waals surface area contributed by atoms with Gasteiger partial charge in [0.15, 0.2) is 11.5 Å². The van der Waals surface area contributed by atoms with Gasteiger partial charge in [-0.2, -0.15) is 4.98 Å². The van der Waals surface area contributed by atoms with Crippen LogP contribution in [0.3, 0.4) is 0 Å². The maximum Gasteiger partial charge on any atom is 0.222 e. The molecule has 4 N–H and O–H groups in total. The first-order valence-corrected chi connectivity index (χ1v) is 9.00. The Bertz CT molecular complexity index is 766. The number of aromatic nitrogens is 2. The molecule has 0 unspecified atom stereocenters. The van der Waals surface area contributed by atoms with Gasteiger partial charge in [-0.25, -0.2) is 4.98 Å². The lowest BCUT2D eigenvalue weighted by atomic mass is 10.0. The highest BCUT2D eigenvalue weighted by atomic mass is 16.5. The van der Waals surface area contributed by atoms with Gasteiger partial charge in [0.05, 0.1) is 26.0 Å². The quantitative estimate of drug-likeness (QED) is 0.730. The van der Waals surface area contributed by atoms with E-state index in [4.69, 9.17) is 15.2 Å². The van der Waals surface area contributed by atoms with Crippen LogP contribution < -0.4 is 25.8 Å². The third kappa shape index (κ3) is 3.83. The van der Waals surface area contributed by atoms with Crippen molar-refractivity contribution in [2.45, 2.75) is 32.2 Å². The fourth-order valence-electron chi connectivity index (χ4n) is 3.34. The maximum absolute atomic E-state index is 5.95. The molecule has 2 aromatic rings. The Hall–Kier alpha value is -2.54. The van der Waals surface area contributed by atoms with Crippen molar-refractivity contribution in [2.24, 2.45) is 0 Å². The first-order chi connectivity index (χ1) is 12.7. The Morgan fingerprint density at radius 3 is 2.65 bits per heavy atom. The molecule has 7 heteroatoms. The molecule has 7 nitrogen and oxygen atoms in total. The highest BCUT2D eigenvalue weighted by Crippen LogP contribution is 2.33. The van der Waals surface area contributed by atoms with E-state index in [1.165, 1.54) is 0 Å². The second kappa shape index (κ2) is 8.23. The fraction of sp³-hybridized carbons (Fsp3) is 0.474. The minimum Gasteiger partial charge on any atom is -0.493 e. The summed E-state index contributed by atoms with van der Waals surface area (Å²) in [5.74, 6) is 2.58. The van der Waals surface area contributed by atoms with Crippen LogP contribution in [0.1, 0.15) is 36.2 Å². The molecule has 1 aromatic heterocycles. The van der Waals surface area contributed by atoms with Crippen LogP contribution in [0.2, 0.25) is 0 Å². The number of nitrogens with one attached hydrogen (secondary N) is 2. The Balaban J connectivity index is 1.92. The second-order valence-corrected chi connectivity index (χ2v) is 6.33. The van der Waals surface area contributed by atoms with E-state index in [1.807, 2.05) is 18.2 Å². The van der Waals surface area contributed by atoms with E-state index in [9.17, 15) is 0 Å². The van der Waals surface area contributed by atoms with Crippen LogP contribution in [0.25, 0.3) is 0 Å². The van der Waals surface area contributed by atoms with Crippen molar-refractivity contribution in [1.29, 1.82) is 0 Å². The monoisotopic (exact) mass is 357 g/mol. The zero-order valence-electron chi connectivity index (χ0n) is 15.6. The molecular formula is C19H27N5O2. The van der Waals surface area contributed by atoms with E-state index in [1.54, 1.807) is 14.2 Å². The lowest BCUT2D eigenvalue weighted by molar-refractivity contribution is 0.354. The highest BCUT2D eigenvalue weighted by molar-refractivity contribution is 5.53. The van der Waals surface area contributed by atoms with Crippen molar-refractivity contribution in [3.05, 3.63) is 35.0 Å². The summed E-state index contributed by atoms with van der Waals surface area (Å²) in [7, 11) is 3.29. The van der Waals surface area contributed by atoms with Crippen LogP contribution in [0.5, 0.6) is 11.5 Å². The second-order valence-electron chi connectivity index (χ2n) is 6.33. The standard InChI is InChI=1S/C19H27N5O2/c1-4-14(12-5-6-16(25-2)17(11-12)26-3)22-18-13-7-9-21-10-8-15(13)23-19(20)24-18/h5-6,11,14,21H,4,7-10H2,1-3H3,(H3,20,22,23,24)/t14-/m0/s1. The molecule has 0 fully saturated rings. The van der Waals surface area contributed by atoms with Crippen LogP contribution in [0.4, 0.5) is 11.8 Å². The zero-order chi connectivity index (χ0) is 18.5. The summed E-state index contributed by atoms with van der Waals surface area (Å²) < 4.78 is 10.8. The SMILES string of the molecule is CC[C@H](Nc1nc(N)nc2c1CCNCC2)c1ccc(OC)c(OC)c1. The normalized spacial score (nSPS) is 14.9. The number of benzene rings is 1. The maximum atomic E-state index is 5.95. The topological polar surface area (TPSA) is 94.3 Å². The number of anilines is 2. The molecule has 0 aliphatic carbocycles. The lowest BCUT2D eigenvalue weighted by Crippen LogP contribution is -2.17. The van der Waals surface area contributed by atoms with Gasteiger partial charge in [-0.1, -0.05) is 13.0 Å². The molecule has 0 amide bonds. The molecule has 26 heavy (non-hydrogen) atoms. The average molecular weight is 357 g/mol. The number of nitrogens with two attached hydrogens (primary N) is 1. The van der Waals surface area contributed by atoms with Crippen molar-refractivity contribution in [1.82, 2.24) is 15.3 Å². The molecule has 2 heterocycles. The fourth-order valence-corrected chi connectivity index (χ4v) is 3.34. The number of hydrogen-bond acceptors (Lipinski definition) is 7. The number of hydrogen-bond donors (Lipinski definition) is 3. The summed E-state index contributed by atoms with van der Waals surface area (Å²) in [6, 6.07) is 6.07. The first kappa shape index (κ1) is 18.3. The molecule has 140 valence electrons. The lowest BCUT2D eigenvalue weighted by Gasteiger charge is -2.22. The van der Waals surface area contributed by atoms with Crippen LogP contribution in [0.15, 0.2) is 18.2 Å². The van der Waals surface area contributed by atoms with E-state index in [-0.39, 0.29) is 6.04 Å². The third-order valence-corrected chi connectivity index (χ3v) is 4.73. The summed E-state index contributed by atoms with van der Waals surface area (Å²) in [5.41, 5.74) is 9.26. The van der Waals surface area contributed by atoms with Gasteiger partial charge in [-0.3, -0.25) is 0 Å². The molecule has 0 saturated carbocycles. The van der Waals surface area contributed by atoms with Gasteiger partial charge in [0, 0.05) is 18.5 Å². The largest absolute Gasteiger partial charge is 0.493 e. The summed E-state index contributed by atoms with van der Waals surface area (Å²) in [6.07, 6.45) is 2.65. The van der Waals surface area contributed by atoms with Crippen molar-refractivity contribution in [2.75, 3.05) is 38.4 Å².